The second-order valence-electron chi connectivity index (χ2n) is 3.67. The predicted molar refractivity (Wildman–Crippen MR) is 67.2 cm³/mol. The Morgan fingerprint density at radius 2 is 1.95 bits per heavy atom. The van der Waals surface area contributed by atoms with Gasteiger partial charge in [-0.15, -0.1) is 0 Å². The molecule has 1 amide bonds. The van der Waals surface area contributed by atoms with Crippen LogP contribution >= 0.6 is 7.82 Å². The van der Waals surface area contributed by atoms with Crippen molar-refractivity contribution in [1.82, 2.24) is 5.32 Å². The molecule has 0 radical (unpaired) electrons. The van der Waals surface area contributed by atoms with Gasteiger partial charge in [0.2, 0.25) is 0 Å². The fraction of sp³-hybridized carbons (Fsp3) is 0.364. The van der Waals surface area contributed by atoms with Crippen LogP contribution in [-0.4, -0.2) is 29.0 Å². The van der Waals surface area contributed by atoms with Crippen LogP contribution in [0.5, 0.6) is 0 Å². The first-order valence-corrected chi connectivity index (χ1v) is 7.15. The smallest absolute Gasteiger partial charge is 0.445 e. The maximum Gasteiger partial charge on any atom is 0.469 e. The van der Waals surface area contributed by atoms with E-state index in [4.69, 9.17) is 14.5 Å². The number of carbonyl (C=O) groups is 1. The van der Waals surface area contributed by atoms with Gasteiger partial charge in [0.25, 0.3) is 0 Å². The Balaban J connectivity index is 2.07. The highest BCUT2D eigenvalue weighted by atomic mass is 31.2. The first-order chi connectivity index (χ1) is 8.97. The largest absolute Gasteiger partial charge is 0.469 e. The predicted octanol–water partition coefficient (Wildman–Crippen LogP) is 1.41. The van der Waals surface area contributed by atoms with Crippen LogP contribution in [0.15, 0.2) is 30.3 Å². The van der Waals surface area contributed by atoms with E-state index >= 15 is 0 Å². The topological polar surface area (TPSA) is 105 Å². The number of hydrogen-bond donors (Lipinski definition) is 3. The molecular formula is C11H16NO6P. The Morgan fingerprint density at radius 1 is 1.26 bits per heavy atom. The van der Waals surface area contributed by atoms with Gasteiger partial charge >= 0.3 is 13.9 Å². The zero-order valence-corrected chi connectivity index (χ0v) is 11.1. The lowest BCUT2D eigenvalue weighted by Crippen LogP contribution is -2.25. The van der Waals surface area contributed by atoms with Crippen LogP contribution in [0.4, 0.5) is 4.79 Å². The molecule has 0 spiro atoms. The van der Waals surface area contributed by atoms with E-state index in [1.54, 1.807) is 0 Å². The van der Waals surface area contributed by atoms with Gasteiger partial charge in [0.05, 0.1) is 6.61 Å². The lowest BCUT2D eigenvalue weighted by molar-refractivity contribution is 0.138. The zero-order valence-electron chi connectivity index (χ0n) is 10.2. The average molecular weight is 289 g/mol. The highest BCUT2D eigenvalue weighted by Gasteiger charge is 2.12. The number of rotatable bonds is 7. The third-order valence-corrected chi connectivity index (χ3v) is 2.58. The minimum absolute atomic E-state index is 0.136. The second-order valence-corrected chi connectivity index (χ2v) is 4.91. The molecule has 1 aromatic rings. The number of phosphoric ester groups is 1. The van der Waals surface area contributed by atoms with Crippen LogP contribution in [-0.2, 0) is 20.4 Å². The van der Waals surface area contributed by atoms with Crippen molar-refractivity contribution in [1.29, 1.82) is 0 Å². The highest BCUT2D eigenvalue weighted by molar-refractivity contribution is 7.46. The number of nitrogens with one attached hydrogen (secondary N) is 1. The summed E-state index contributed by atoms with van der Waals surface area (Å²) in [5.74, 6) is 0. The van der Waals surface area contributed by atoms with Crippen LogP contribution in [0.25, 0.3) is 0 Å². The first kappa shape index (κ1) is 15.7. The van der Waals surface area contributed by atoms with E-state index in [1.165, 1.54) is 0 Å². The highest BCUT2D eigenvalue weighted by Crippen LogP contribution is 2.35. The average Bonchev–Trinajstić information content (AvgIpc) is 2.36. The maximum atomic E-state index is 11.2. The van der Waals surface area contributed by atoms with E-state index in [-0.39, 0.29) is 26.2 Å². The molecule has 0 bridgehead atoms. The number of amides is 1. The van der Waals surface area contributed by atoms with Crippen LogP contribution in [0, 0.1) is 0 Å². The fourth-order valence-corrected chi connectivity index (χ4v) is 1.59. The van der Waals surface area contributed by atoms with Crippen LogP contribution in [0.1, 0.15) is 12.0 Å². The third-order valence-electron chi connectivity index (χ3n) is 2.06. The summed E-state index contributed by atoms with van der Waals surface area (Å²) in [5.41, 5.74) is 0.877. The van der Waals surface area contributed by atoms with Crippen molar-refractivity contribution >= 4 is 13.9 Å². The number of phosphoric acid groups is 1. The summed E-state index contributed by atoms with van der Waals surface area (Å²) in [6.07, 6.45) is -0.300. The molecule has 1 aromatic carbocycles. The van der Waals surface area contributed by atoms with E-state index < -0.39 is 13.9 Å². The lowest BCUT2D eigenvalue weighted by Gasteiger charge is -2.07. The zero-order chi connectivity index (χ0) is 14.1. The Morgan fingerprint density at radius 3 is 2.58 bits per heavy atom. The molecule has 0 unspecified atom stereocenters. The molecule has 0 saturated carbocycles. The van der Waals surface area contributed by atoms with E-state index in [9.17, 15) is 9.36 Å². The third kappa shape index (κ3) is 8.34. The Labute approximate surface area is 110 Å². The summed E-state index contributed by atoms with van der Waals surface area (Å²) >= 11 is 0. The lowest BCUT2D eigenvalue weighted by atomic mass is 10.2. The number of ether oxygens (including phenoxy) is 1. The molecule has 0 atom stereocenters. The molecule has 0 aliphatic carbocycles. The van der Waals surface area contributed by atoms with E-state index in [2.05, 4.69) is 9.84 Å². The van der Waals surface area contributed by atoms with E-state index in [1.807, 2.05) is 30.3 Å². The Hall–Kier alpha value is -1.40. The molecule has 1 rings (SSSR count). The van der Waals surface area contributed by atoms with Gasteiger partial charge in [-0.3, -0.25) is 4.52 Å². The van der Waals surface area contributed by atoms with Crippen molar-refractivity contribution in [3.8, 4) is 0 Å². The van der Waals surface area contributed by atoms with Crippen molar-refractivity contribution in [2.24, 2.45) is 0 Å². The molecule has 0 aliphatic heterocycles. The molecule has 0 aromatic heterocycles. The van der Waals surface area contributed by atoms with Gasteiger partial charge < -0.3 is 19.8 Å². The summed E-state index contributed by atoms with van der Waals surface area (Å²) in [7, 11) is -4.43. The van der Waals surface area contributed by atoms with Crippen molar-refractivity contribution in [2.45, 2.75) is 13.0 Å². The fourth-order valence-electron chi connectivity index (χ4n) is 1.22. The quantitative estimate of drug-likeness (QED) is 0.518. The number of alkyl carbamates (subject to hydrolysis) is 1. The number of carbonyl (C=O) groups excluding carboxylic acids is 1. The molecule has 106 valence electrons. The molecule has 0 saturated heterocycles. The van der Waals surface area contributed by atoms with Gasteiger partial charge in [0.15, 0.2) is 0 Å². The maximum absolute atomic E-state index is 11.2. The molecular weight excluding hydrogens is 273 g/mol. The van der Waals surface area contributed by atoms with Gasteiger partial charge in [-0.25, -0.2) is 9.36 Å². The minimum Gasteiger partial charge on any atom is -0.445 e. The van der Waals surface area contributed by atoms with Crippen LogP contribution in [0.3, 0.4) is 0 Å². The minimum atomic E-state index is -4.43. The van der Waals surface area contributed by atoms with Crippen molar-refractivity contribution in [3.05, 3.63) is 35.9 Å². The van der Waals surface area contributed by atoms with Crippen LogP contribution < -0.4 is 5.32 Å². The molecule has 0 aliphatic rings. The molecule has 0 heterocycles. The summed E-state index contributed by atoms with van der Waals surface area (Å²) in [6, 6.07) is 9.22. The van der Waals surface area contributed by atoms with Crippen LogP contribution in [0.2, 0.25) is 0 Å². The normalized spacial score (nSPS) is 11.1. The molecule has 7 nitrogen and oxygen atoms in total. The molecule has 0 fully saturated rings. The summed E-state index contributed by atoms with van der Waals surface area (Å²) < 4.78 is 19.5. The Bertz CT molecular complexity index is 432. The van der Waals surface area contributed by atoms with E-state index in [0.29, 0.717) is 0 Å². The number of hydrogen-bond acceptors (Lipinski definition) is 4. The first-order valence-electron chi connectivity index (χ1n) is 5.62. The van der Waals surface area contributed by atoms with Gasteiger partial charge in [-0.05, 0) is 12.0 Å². The SMILES string of the molecule is O=C(NCCCOP(=O)(O)O)OCc1ccccc1. The molecule has 3 N–H and O–H groups in total. The van der Waals surface area contributed by atoms with Crippen molar-refractivity contribution < 1.29 is 28.4 Å². The van der Waals surface area contributed by atoms with Gasteiger partial charge in [-0.1, -0.05) is 30.3 Å². The molecule has 8 heteroatoms. The summed E-state index contributed by atoms with van der Waals surface area (Å²) in [6.45, 7) is 0.253. The summed E-state index contributed by atoms with van der Waals surface area (Å²) in [4.78, 5) is 28.1. The van der Waals surface area contributed by atoms with Gasteiger partial charge in [0.1, 0.15) is 6.61 Å². The number of benzene rings is 1. The van der Waals surface area contributed by atoms with Gasteiger partial charge in [-0.2, -0.15) is 0 Å². The Kier molecular flexibility index (Phi) is 6.52. The summed E-state index contributed by atoms with van der Waals surface area (Å²) in [5, 5.41) is 2.45. The monoisotopic (exact) mass is 289 g/mol. The van der Waals surface area contributed by atoms with E-state index in [0.717, 1.165) is 5.56 Å². The second kappa shape index (κ2) is 7.91. The van der Waals surface area contributed by atoms with Crippen molar-refractivity contribution in [2.75, 3.05) is 13.2 Å². The standard InChI is InChI=1S/C11H16NO6P/c13-11(12-7-4-8-18-19(14,15)16)17-9-10-5-2-1-3-6-10/h1-3,5-6H,4,7-9H2,(H,12,13)(H2,14,15,16). The van der Waals surface area contributed by atoms with Crippen molar-refractivity contribution in [3.63, 3.8) is 0 Å². The molecule has 19 heavy (non-hydrogen) atoms. The van der Waals surface area contributed by atoms with Gasteiger partial charge in [0, 0.05) is 6.54 Å².